The van der Waals surface area contributed by atoms with E-state index in [0.717, 1.165) is 28.9 Å². The maximum atomic E-state index is 6.36. The fourth-order valence-corrected chi connectivity index (χ4v) is 4.16. The normalized spacial score (nSPS) is 26.0. The van der Waals surface area contributed by atoms with E-state index in [2.05, 4.69) is 19.2 Å². The van der Waals surface area contributed by atoms with Gasteiger partial charge in [0, 0.05) is 16.1 Å². The van der Waals surface area contributed by atoms with Gasteiger partial charge in [-0.05, 0) is 67.8 Å². The zero-order valence-corrected chi connectivity index (χ0v) is 14.7. The maximum Gasteiger partial charge on any atom is 0.0439 e. The van der Waals surface area contributed by atoms with Crippen LogP contribution < -0.4 is 5.32 Å². The van der Waals surface area contributed by atoms with Crippen molar-refractivity contribution in [3.05, 3.63) is 33.8 Å². The van der Waals surface area contributed by atoms with Gasteiger partial charge in [0.1, 0.15) is 0 Å². The first kappa shape index (κ1) is 17.1. The van der Waals surface area contributed by atoms with Gasteiger partial charge in [0.25, 0.3) is 0 Å². The molecule has 1 aromatic carbocycles. The van der Waals surface area contributed by atoms with Crippen LogP contribution in [0.4, 0.5) is 0 Å². The van der Waals surface area contributed by atoms with Gasteiger partial charge >= 0.3 is 0 Å². The molecule has 0 saturated heterocycles. The van der Waals surface area contributed by atoms with Gasteiger partial charge < -0.3 is 5.32 Å². The first-order chi connectivity index (χ1) is 10.1. The molecule has 3 unspecified atom stereocenters. The van der Waals surface area contributed by atoms with E-state index in [4.69, 9.17) is 23.2 Å². The maximum absolute atomic E-state index is 6.36. The summed E-state index contributed by atoms with van der Waals surface area (Å²) in [7, 11) is 0. The zero-order chi connectivity index (χ0) is 15.2. The molecule has 21 heavy (non-hydrogen) atoms. The Morgan fingerprint density at radius 3 is 2.71 bits per heavy atom. The molecule has 0 aliphatic heterocycles. The van der Waals surface area contributed by atoms with Crippen LogP contribution in [0.25, 0.3) is 0 Å². The van der Waals surface area contributed by atoms with E-state index in [0.29, 0.717) is 12.0 Å². The van der Waals surface area contributed by atoms with E-state index < -0.39 is 0 Å². The Bertz CT molecular complexity index is 447. The molecule has 1 N–H and O–H groups in total. The summed E-state index contributed by atoms with van der Waals surface area (Å²) in [5.74, 6) is 1.55. The summed E-state index contributed by atoms with van der Waals surface area (Å²) in [6.07, 6.45) is 7.66. The van der Waals surface area contributed by atoms with Crippen LogP contribution in [0.5, 0.6) is 0 Å². The molecule has 1 nitrogen and oxygen atoms in total. The monoisotopic (exact) mass is 327 g/mol. The molecule has 3 heteroatoms. The second-order valence-corrected chi connectivity index (χ2v) is 7.18. The molecule has 0 bridgehead atoms. The van der Waals surface area contributed by atoms with Crippen molar-refractivity contribution in [3.8, 4) is 0 Å². The quantitative estimate of drug-likeness (QED) is 0.703. The van der Waals surface area contributed by atoms with Crippen LogP contribution >= 0.6 is 23.2 Å². The van der Waals surface area contributed by atoms with Gasteiger partial charge in [-0.25, -0.2) is 0 Å². The highest BCUT2D eigenvalue weighted by Crippen LogP contribution is 2.35. The van der Waals surface area contributed by atoms with Crippen LogP contribution in [0.1, 0.15) is 51.5 Å². The summed E-state index contributed by atoms with van der Waals surface area (Å²) in [4.78, 5) is 0. The van der Waals surface area contributed by atoms with E-state index >= 15 is 0 Å². The molecule has 0 amide bonds. The first-order valence-electron chi connectivity index (χ1n) is 8.31. The molecule has 1 fully saturated rings. The first-order valence-corrected chi connectivity index (χ1v) is 9.06. The molecule has 1 aromatic rings. The fraction of sp³-hybridized carbons (Fsp3) is 0.667. The minimum atomic E-state index is 0.623. The second-order valence-electron chi connectivity index (χ2n) is 6.33. The number of nitrogens with one attached hydrogen (secondary N) is 1. The topological polar surface area (TPSA) is 12.0 Å². The Labute approximate surface area is 139 Å². The molecule has 1 aliphatic carbocycles. The van der Waals surface area contributed by atoms with Crippen molar-refractivity contribution in [1.29, 1.82) is 0 Å². The van der Waals surface area contributed by atoms with Crippen molar-refractivity contribution in [2.24, 2.45) is 11.8 Å². The Morgan fingerprint density at radius 2 is 2.00 bits per heavy atom. The van der Waals surface area contributed by atoms with Crippen LogP contribution in [0.15, 0.2) is 18.2 Å². The lowest BCUT2D eigenvalue weighted by Crippen LogP contribution is -2.41. The molecule has 2 rings (SSSR count). The molecule has 0 heterocycles. The number of benzene rings is 1. The molecular formula is C18H27Cl2N. The van der Waals surface area contributed by atoms with Crippen LogP contribution in [-0.4, -0.2) is 12.6 Å². The van der Waals surface area contributed by atoms with Gasteiger partial charge in [-0.2, -0.15) is 0 Å². The minimum absolute atomic E-state index is 0.623. The Kier molecular flexibility index (Phi) is 6.85. The third kappa shape index (κ3) is 4.87. The van der Waals surface area contributed by atoms with Crippen molar-refractivity contribution >= 4 is 23.2 Å². The lowest BCUT2D eigenvalue weighted by atomic mass is 9.74. The van der Waals surface area contributed by atoms with Gasteiger partial charge in [0.2, 0.25) is 0 Å². The predicted molar refractivity (Wildman–Crippen MR) is 93.4 cm³/mol. The van der Waals surface area contributed by atoms with E-state index in [1.165, 1.54) is 37.7 Å². The van der Waals surface area contributed by atoms with E-state index in [-0.39, 0.29) is 0 Å². The highest BCUT2D eigenvalue weighted by molar-refractivity contribution is 6.33. The molecule has 0 radical (unpaired) electrons. The molecular weight excluding hydrogens is 301 g/mol. The predicted octanol–water partition coefficient (Wildman–Crippen LogP) is 5.73. The van der Waals surface area contributed by atoms with Gasteiger partial charge in [0.15, 0.2) is 0 Å². The summed E-state index contributed by atoms with van der Waals surface area (Å²) < 4.78 is 0. The van der Waals surface area contributed by atoms with Gasteiger partial charge in [0.05, 0.1) is 0 Å². The minimum Gasteiger partial charge on any atom is -0.314 e. The molecule has 0 aromatic heterocycles. The van der Waals surface area contributed by atoms with Crippen LogP contribution in [0.3, 0.4) is 0 Å². The average molecular weight is 328 g/mol. The van der Waals surface area contributed by atoms with Gasteiger partial charge in [-0.1, -0.05) is 49.9 Å². The molecule has 1 saturated carbocycles. The Morgan fingerprint density at radius 1 is 1.19 bits per heavy atom. The van der Waals surface area contributed by atoms with Crippen molar-refractivity contribution in [2.75, 3.05) is 6.54 Å². The summed E-state index contributed by atoms with van der Waals surface area (Å²) in [6, 6.07) is 6.46. The van der Waals surface area contributed by atoms with E-state index in [1.54, 1.807) is 0 Å². The van der Waals surface area contributed by atoms with E-state index in [1.807, 2.05) is 18.2 Å². The van der Waals surface area contributed by atoms with Crippen molar-refractivity contribution in [2.45, 2.75) is 58.4 Å². The SMILES string of the molecule is CCCC1CCC(NCC)C(Cc2cc(Cl)ccc2Cl)C1. The van der Waals surface area contributed by atoms with Crippen LogP contribution in [0.2, 0.25) is 10.0 Å². The number of hydrogen-bond acceptors (Lipinski definition) is 1. The zero-order valence-electron chi connectivity index (χ0n) is 13.2. The van der Waals surface area contributed by atoms with Crippen LogP contribution in [0, 0.1) is 11.8 Å². The molecule has 118 valence electrons. The Hall–Kier alpha value is -0.240. The standard InChI is InChI=1S/C18H27Cl2N/c1-3-5-13-6-9-18(21-4-2)15(10-13)11-14-12-16(19)7-8-17(14)20/h7-8,12-13,15,18,21H,3-6,9-11H2,1-2H3. The highest BCUT2D eigenvalue weighted by atomic mass is 35.5. The second kappa shape index (κ2) is 8.41. The third-order valence-electron chi connectivity index (χ3n) is 4.74. The summed E-state index contributed by atoms with van der Waals surface area (Å²) >= 11 is 12.5. The fourth-order valence-electron chi connectivity index (χ4n) is 3.77. The largest absolute Gasteiger partial charge is 0.314 e. The summed E-state index contributed by atoms with van der Waals surface area (Å²) in [6.45, 7) is 5.53. The van der Waals surface area contributed by atoms with Crippen molar-refractivity contribution in [1.82, 2.24) is 5.32 Å². The lowest BCUT2D eigenvalue weighted by molar-refractivity contribution is 0.195. The molecule has 3 atom stereocenters. The average Bonchev–Trinajstić information content (AvgIpc) is 2.46. The van der Waals surface area contributed by atoms with E-state index in [9.17, 15) is 0 Å². The number of rotatable bonds is 6. The van der Waals surface area contributed by atoms with Crippen molar-refractivity contribution in [3.63, 3.8) is 0 Å². The van der Waals surface area contributed by atoms with Crippen LogP contribution in [-0.2, 0) is 6.42 Å². The third-order valence-corrected chi connectivity index (χ3v) is 5.35. The Balaban J connectivity index is 2.09. The smallest absolute Gasteiger partial charge is 0.0439 e. The number of halogens is 2. The summed E-state index contributed by atoms with van der Waals surface area (Å²) in [5.41, 5.74) is 1.20. The summed E-state index contributed by atoms with van der Waals surface area (Å²) in [5, 5.41) is 5.32. The highest BCUT2D eigenvalue weighted by Gasteiger charge is 2.30. The van der Waals surface area contributed by atoms with Crippen molar-refractivity contribution < 1.29 is 0 Å². The van der Waals surface area contributed by atoms with Gasteiger partial charge in [-0.15, -0.1) is 0 Å². The lowest BCUT2D eigenvalue weighted by Gasteiger charge is -2.37. The van der Waals surface area contributed by atoms with Gasteiger partial charge in [-0.3, -0.25) is 0 Å². The number of hydrogen-bond donors (Lipinski definition) is 1. The molecule has 0 spiro atoms. The molecule has 1 aliphatic rings.